The highest BCUT2D eigenvalue weighted by atomic mass is 15.1. The first kappa shape index (κ1) is 15.0. The van der Waals surface area contributed by atoms with Crippen LogP contribution in [0.4, 0.5) is 0 Å². The average molecular weight is 274 g/mol. The molecular formula is C16H26N4. The summed E-state index contributed by atoms with van der Waals surface area (Å²) in [7, 11) is 4.32. The van der Waals surface area contributed by atoms with E-state index in [1.54, 1.807) is 0 Å². The average Bonchev–Trinajstić information content (AvgIpc) is 2.82. The van der Waals surface area contributed by atoms with Crippen molar-refractivity contribution in [1.82, 2.24) is 9.80 Å². The Hall–Kier alpha value is -1.39. The normalized spacial score (nSPS) is 21.2. The second kappa shape index (κ2) is 6.86. The Morgan fingerprint density at radius 2 is 2.15 bits per heavy atom. The minimum atomic E-state index is 0.000308. The first-order valence-electron chi connectivity index (χ1n) is 7.32. The Bertz CT molecular complexity index is 431. The first-order valence-corrected chi connectivity index (χ1v) is 7.32. The number of benzene rings is 1. The summed E-state index contributed by atoms with van der Waals surface area (Å²) in [4.78, 5) is 4.71. The molecule has 110 valence electrons. The van der Waals surface area contributed by atoms with E-state index in [2.05, 4.69) is 36.0 Å². The van der Waals surface area contributed by atoms with Crippen molar-refractivity contribution in [3.63, 3.8) is 0 Å². The molecule has 0 spiro atoms. The summed E-state index contributed by atoms with van der Waals surface area (Å²) in [6, 6.07) is 10.1. The molecule has 1 aromatic carbocycles. The number of nitrogens with one attached hydrogen (secondary N) is 1. The van der Waals surface area contributed by atoms with Crippen LogP contribution in [-0.4, -0.2) is 55.9 Å². The summed E-state index contributed by atoms with van der Waals surface area (Å²) in [6.45, 7) is 4.29. The van der Waals surface area contributed by atoms with E-state index in [9.17, 15) is 0 Å². The fourth-order valence-electron chi connectivity index (χ4n) is 3.07. The Balaban J connectivity index is 1.93. The highest BCUT2D eigenvalue weighted by Gasteiger charge is 2.23. The highest BCUT2D eigenvalue weighted by molar-refractivity contribution is 5.84. The zero-order valence-corrected chi connectivity index (χ0v) is 12.5. The standard InChI is InChI=1S/C16H26N4/c1-19-9-8-13(10-19)11-20(2)12-15(16(17)18)14-6-4-3-5-7-14/h3-7,13,15H,8-12H2,1-2H3,(H3,17,18). The van der Waals surface area contributed by atoms with Crippen molar-refractivity contribution in [3.8, 4) is 0 Å². The third kappa shape index (κ3) is 4.05. The van der Waals surface area contributed by atoms with Crippen LogP contribution >= 0.6 is 0 Å². The van der Waals surface area contributed by atoms with Crippen LogP contribution in [0.3, 0.4) is 0 Å². The van der Waals surface area contributed by atoms with Crippen molar-refractivity contribution in [3.05, 3.63) is 35.9 Å². The Morgan fingerprint density at radius 1 is 1.45 bits per heavy atom. The van der Waals surface area contributed by atoms with Crippen LogP contribution in [0.1, 0.15) is 17.9 Å². The van der Waals surface area contributed by atoms with Gasteiger partial charge in [0, 0.05) is 19.6 Å². The van der Waals surface area contributed by atoms with Gasteiger partial charge in [0.25, 0.3) is 0 Å². The quantitative estimate of drug-likeness (QED) is 0.612. The molecule has 2 unspecified atom stereocenters. The summed E-state index contributed by atoms with van der Waals surface area (Å²) < 4.78 is 0. The van der Waals surface area contributed by atoms with E-state index >= 15 is 0 Å². The monoisotopic (exact) mass is 274 g/mol. The minimum absolute atomic E-state index is 0.000308. The van der Waals surface area contributed by atoms with Gasteiger partial charge < -0.3 is 15.5 Å². The summed E-state index contributed by atoms with van der Waals surface area (Å²) in [5, 5.41) is 7.84. The van der Waals surface area contributed by atoms with E-state index in [0.717, 1.165) is 24.6 Å². The second-order valence-corrected chi connectivity index (χ2v) is 6.06. The maximum absolute atomic E-state index is 7.84. The molecule has 1 heterocycles. The number of nitrogens with two attached hydrogens (primary N) is 1. The van der Waals surface area contributed by atoms with Crippen LogP contribution in [0.25, 0.3) is 0 Å². The van der Waals surface area contributed by atoms with Crippen LogP contribution in [0.5, 0.6) is 0 Å². The van der Waals surface area contributed by atoms with Gasteiger partial charge in [0.1, 0.15) is 0 Å². The van der Waals surface area contributed by atoms with E-state index < -0.39 is 0 Å². The van der Waals surface area contributed by atoms with Gasteiger partial charge >= 0.3 is 0 Å². The molecule has 0 amide bonds. The van der Waals surface area contributed by atoms with Crippen LogP contribution in [0, 0.1) is 11.3 Å². The van der Waals surface area contributed by atoms with Crippen molar-refractivity contribution in [1.29, 1.82) is 5.41 Å². The number of likely N-dealkylation sites (N-methyl/N-ethyl adjacent to an activating group) is 1. The number of hydrogen-bond donors (Lipinski definition) is 2. The number of nitrogens with zero attached hydrogens (tertiary/aromatic N) is 2. The van der Waals surface area contributed by atoms with Gasteiger partial charge in [-0.05, 0) is 38.5 Å². The lowest BCUT2D eigenvalue weighted by molar-refractivity contribution is 0.271. The van der Waals surface area contributed by atoms with E-state index in [1.807, 2.05) is 18.2 Å². The topological polar surface area (TPSA) is 56.4 Å². The lowest BCUT2D eigenvalue weighted by atomic mass is 9.97. The van der Waals surface area contributed by atoms with Crippen LogP contribution in [-0.2, 0) is 0 Å². The molecule has 0 radical (unpaired) electrons. The molecule has 0 aliphatic carbocycles. The molecule has 1 saturated heterocycles. The molecule has 0 aromatic heterocycles. The SMILES string of the molecule is CN1CCC(CN(C)CC(C(=N)N)c2ccccc2)C1. The molecule has 4 heteroatoms. The van der Waals surface area contributed by atoms with Crippen LogP contribution in [0.2, 0.25) is 0 Å². The maximum Gasteiger partial charge on any atom is 0.0995 e. The first-order chi connectivity index (χ1) is 9.56. The zero-order valence-electron chi connectivity index (χ0n) is 12.5. The molecule has 1 aromatic rings. The molecule has 1 fully saturated rings. The number of amidine groups is 1. The molecule has 2 rings (SSSR count). The van der Waals surface area contributed by atoms with E-state index in [0.29, 0.717) is 0 Å². The Kier molecular flexibility index (Phi) is 5.15. The van der Waals surface area contributed by atoms with Crippen molar-refractivity contribution in [2.24, 2.45) is 11.7 Å². The summed E-state index contributed by atoms with van der Waals surface area (Å²) >= 11 is 0. The van der Waals surface area contributed by atoms with Gasteiger partial charge in [-0.15, -0.1) is 0 Å². The lowest BCUT2D eigenvalue weighted by Crippen LogP contribution is -2.35. The van der Waals surface area contributed by atoms with Crippen molar-refractivity contribution < 1.29 is 0 Å². The van der Waals surface area contributed by atoms with Crippen LogP contribution in [0.15, 0.2) is 30.3 Å². The smallest absolute Gasteiger partial charge is 0.0995 e. The fourth-order valence-corrected chi connectivity index (χ4v) is 3.07. The number of likely N-dealkylation sites (tertiary alicyclic amines) is 1. The second-order valence-electron chi connectivity index (χ2n) is 6.06. The summed E-state index contributed by atoms with van der Waals surface area (Å²) in [5.74, 6) is 1.00. The molecule has 4 nitrogen and oxygen atoms in total. The Labute approximate surface area is 122 Å². The van der Waals surface area contributed by atoms with E-state index in [1.165, 1.54) is 19.5 Å². The third-order valence-electron chi connectivity index (χ3n) is 4.13. The van der Waals surface area contributed by atoms with Gasteiger partial charge in [0.2, 0.25) is 0 Å². The Morgan fingerprint density at radius 3 is 2.70 bits per heavy atom. The molecule has 2 atom stereocenters. The number of hydrogen-bond acceptors (Lipinski definition) is 3. The molecule has 20 heavy (non-hydrogen) atoms. The molecule has 1 aliphatic heterocycles. The van der Waals surface area contributed by atoms with Crippen LogP contribution < -0.4 is 5.73 Å². The molecule has 1 aliphatic rings. The molecular weight excluding hydrogens is 248 g/mol. The van der Waals surface area contributed by atoms with E-state index in [4.69, 9.17) is 11.1 Å². The minimum Gasteiger partial charge on any atom is -0.387 e. The molecule has 3 N–H and O–H groups in total. The predicted molar refractivity (Wildman–Crippen MR) is 84.2 cm³/mol. The third-order valence-corrected chi connectivity index (χ3v) is 4.13. The van der Waals surface area contributed by atoms with Crippen molar-refractivity contribution in [2.75, 3.05) is 40.3 Å². The highest BCUT2D eigenvalue weighted by Crippen LogP contribution is 2.19. The fraction of sp³-hybridized carbons (Fsp3) is 0.562. The summed E-state index contributed by atoms with van der Waals surface area (Å²) in [6.07, 6.45) is 1.27. The van der Waals surface area contributed by atoms with Gasteiger partial charge in [-0.1, -0.05) is 30.3 Å². The lowest BCUT2D eigenvalue weighted by Gasteiger charge is -2.26. The van der Waals surface area contributed by atoms with Gasteiger partial charge in [0.15, 0.2) is 0 Å². The van der Waals surface area contributed by atoms with Gasteiger partial charge in [-0.3, -0.25) is 5.41 Å². The van der Waals surface area contributed by atoms with Gasteiger partial charge in [0.05, 0.1) is 11.8 Å². The van der Waals surface area contributed by atoms with Gasteiger partial charge in [-0.25, -0.2) is 0 Å². The predicted octanol–water partition coefficient (Wildman–Crippen LogP) is 1.59. The van der Waals surface area contributed by atoms with Crippen molar-refractivity contribution in [2.45, 2.75) is 12.3 Å². The molecule has 0 saturated carbocycles. The van der Waals surface area contributed by atoms with E-state index in [-0.39, 0.29) is 11.8 Å². The number of rotatable bonds is 6. The van der Waals surface area contributed by atoms with Crippen molar-refractivity contribution >= 4 is 5.84 Å². The largest absolute Gasteiger partial charge is 0.387 e. The molecule has 0 bridgehead atoms. The zero-order chi connectivity index (χ0) is 14.5. The summed E-state index contributed by atoms with van der Waals surface area (Å²) in [5.41, 5.74) is 6.93. The maximum atomic E-state index is 7.84. The van der Waals surface area contributed by atoms with Gasteiger partial charge in [-0.2, -0.15) is 0 Å².